The predicted molar refractivity (Wildman–Crippen MR) is 90.0 cm³/mol. The molecule has 2 aromatic heterocycles. The summed E-state index contributed by atoms with van der Waals surface area (Å²) >= 11 is 0. The van der Waals surface area contributed by atoms with Crippen LogP contribution in [0.5, 0.6) is 5.88 Å². The van der Waals surface area contributed by atoms with Crippen molar-refractivity contribution >= 4 is 10.9 Å². The van der Waals surface area contributed by atoms with E-state index >= 15 is 0 Å². The smallest absolute Gasteiger partial charge is 0.222 e. The van der Waals surface area contributed by atoms with Crippen LogP contribution in [0.15, 0.2) is 36.5 Å². The first-order valence-corrected chi connectivity index (χ1v) is 7.74. The monoisotopic (exact) mass is 313 g/mol. The molecule has 1 aromatic carbocycles. The Morgan fingerprint density at radius 3 is 2.91 bits per heavy atom. The second kappa shape index (κ2) is 6.79. The fraction of sp³-hybridized carbons (Fsp3) is 0.278. The average molecular weight is 313 g/mol. The predicted octanol–water partition coefficient (Wildman–Crippen LogP) is 3.66. The second-order valence-corrected chi connectivity index (χ2v) is 5.47. The van der Waals surface area contributed by atoms with Gasteiger partial charge < -0.3 is 15.5 Å². The fourth-order valence-corrected chi connectivity index (χ4v) is 2.90. The Morgan fingerprint density at radius 1 is 1.26 bits per heavy atom. The van der Waals surface area contributed by atoms with Crippen molar-refractivity contribution in [2.45, 2.75) is 19.3 Å². The SMILES string of the molecule is COc1ncccc1-c1[nH]c2ccc(F)cc2c1CCCCN. The zero-order valence-electron chi connectivity index (χ0n) is 13.1. The molecule has 5 heteroatoms. The quantitative estimate of drug-likeness (QED) is 0.683. The van der Waals surface area contributed by atoms with Crippen LogP contribution in [0.4, 0.5) is 4.39 Å². The summed E-state index contributed by atoms with van der Waals surface area (Å²) in [4.78, 5) is 7.65. The molecule has 4 nitrogen and oxygen atoms in total. The molecule has 0 aliphatic carbocycles. The Hall–Kier alpha value is -2.40. The number of H-pyrrole nitrogens is 1. The minimum Gasteiger partial charge on any atom is -0.481 e. The van der Waals surface area contributed by atoms with Gasteiger partial charge in [-0.2, -0.15) is 0 Å². The van der Waals surface area contributed by atoms with Gasteiger partial charge in [-0.25, -0.2) is 9.37 Å². The molecule has 3 rings (SSSR count). The zero-order chi connectivity index (χ0) is 16.2. The zero-order valence-corrected chi connectivity index (χ0v) is 13.1. The highest BCUT2D eigenvalue weighted by molar-refractivity contribution is 5.91. The van der Waals surface area contributed by atoms with Crippen molar-refractivity contribution in [1.82, 2.24) is 9.97 Å². The molecule has 0 atom stereocenters. The van der Waals surface area contributed by atoms with E-state index in [9.17, 15) is 4.39 Å². The van der Waals surface area contributed by atoms with Crippen molar-refractivity contribution in [3.05, 3.63) is 47.9 Å². The standard InChI is InChI=1S/C18H20FN3O/c1-23-18-14(6-4-10-21-18)17-13(5-2-3-9-20)15-11-12(19)7-8-16(15)22-17/h4,6-8,10-11,22H,2-3,5,9,20H2,1H3. The number of nitrogens with one attached hydrogen (secondary N) is 1. The Labute approximate surface area is 134 Å². The number of aromatic nitrogens is 2. The van der Waals surface area contributed by atoms with Crippen LogP contribution in [-0.4, -0.2) is 23.6 Å². The van der Waals surface area contributed by atoms with Gasteiger partial charge in [0.15, 0.2) is 0 Å². The molecule has 0 spiro atoms. The number of nitrogens with two attached hydrogens (primary N) is 1. The number of nitrogens with zero attached hydrogens (tertiary/aromatic N) is 1. The van der Waals surface area contributed by atoms with E-state index in [4.69, 9.17) is 10.5 Å². The summed E-state index contributed by atoms with van der Waals surface area (Å²) in [5.41, 5.74) is 9.42. The van der Waals surface area contributed by atoms with Gasteiger partial charge in [0.2, 0.25) is 5.88 Å². The molecule has 0 aliphatic rings. The first kappa shape index (κ1) is 15.5. The van der Waals surface area contributed by atoms with E-state index in [1.807, 2.05) is 12.1 Å². The van der Waals surface area contributed by atoms with E-state index in [2.05, 4.69) is 9.97 Å². The van der Waals surface area contributed by atoms with Crippen LogP contribution in [0.2, 0.25) is 0 Å². The summed E-state index contributed by atoms with van der Waals surface area (Å²) in [7, 11) is 1.60. The normalized spacial score (nSPS) is 11.1. The lowest BCUT2D eigenvalue weighted by molar-refractivity contribution is 0.399. The molecule has 0 saturated heterocycles. The summed E-state index contributed by atoms with van der Waals surface area (Å²) in [6.45, 7) is 0.655. The number of halogens is 1. The summed E-state index contributed by atoms with van der Waals surface area (Å²) in [5, 5.41) is 0.905. The van der Waals surface area contributed by atoms with E-state index < -0.39 is 0 Å². The molecule has 120 valence electrons. The minimum atomic E-state index is -0.235. The molecular weight excluding hydrogens is 293 g/mol. The van der Waals surface area contributed by atoms with Crippen LogP contribution >= 0.6 is 0 Å². The highest BCUT2D eigenvalue weighted by Crippen LogP contribution is 2.35. The molecule has 0 bridgehead atoms. The van der Waals surface area contributed by atoms with E-state index in [0.717, 1.165) is 47.0 Å². The molecular formula is C18H20FN3O. The van der Waals surface area contributed by atoms with Gasteiger partial charge in [0.1, 0.15) is 5.82 Å². The largest absolute Gasteiger partial charge is 0.481 e. The van der Waals surface area contributed by atoms with Gasteiger partial charge in [-0.1, -0.05) is 0 Å². The number of hydrogen-bond acceptors (Lipinski definition) is 3. The summed E-state index contributed by atoms with van der Waals surface area (Å²) in [5.74, 6) is 0.320. The Balaban J connectivity index is 2.16. The van der Waals surface area contributed by atoms with Crippen LogP contribution in [0, 0.1) is 5.82 Å². The first-order chi connectivity index (χ1) is 11.2. The molecule has 0 fully saturated rings. The number of aromatic amines is 1. The number of rotatable bonds is 6. The Morgan fingerprint density at radius 2 is 2.13 bits per heavy atom. The maximum atomic E-state index is 13.7. The summed E-state index contributed by atoms with van der Waals surface area (Å²) in [6, 6.07) is 8.64. The molecule has 3 aromatic rings. The van der Waals surface area contributed by atoms with Crippen LogP contribution in [0.3, 0.4) is 0 Å². The van der Waals surface area contributed by atoms with Crippen molar-refractivity contribution in [2.24, 2.45) is 5.73 Å². The number of hydrogen-bond donors (Lipinski definition) is 2. The van der Waals surface area contributed by atoms with Gasteiger partial charge in [-0.15, -0.1) is 0 Å². The van der Waals surface area contributed by atoms with Crippen molar-refractivity contribution < 1.29 is 9.13 Å². The number of benzene rings is 1. The molecule has 0 saturated carbocycles. The lowest BCUT2D eigenvalue weighted by Crippen LogP contribution is -1.99. The minimum absolute atomic E-state index is 0.235. The third-order valence-electron chi connectivity index (χ3n) is 3.98. The van der Waals surface area contributed by atoms with Gasteiger partial charge in [-0.3, -0.25) is 0 Å². The highest BCUT2D eigenvalue weighted by atomic mass is 19.1. The third-order valence-corrected chi connectivity index (χ3v) is 3.98. The highest BCUT2D eigenvalue weighted by Gasteiger charge is 2.17. The lowest BCUT2D eigenvalue weighted by atomic mass is 10.0. The number of ether oxygens (including phenoxy) is 1. The van der Waals surface area contributed by atoms with Gasteiger partial charge in [0.05, 0.1) is 18.4 Å². The number of methoxy groups -OCH3 is 1. The Kier molecular flexibility index (Phi) is 4.57. The number of pyridine rings is 1. The van der Waals surface area contributed by atoms with Crippen LogP contribution in [0.25, 0.3) is 22.2 Å². The maximum absolute atomic E-state index is 13.7. The van der Waals surface area contributed by atoms with Crippen molar-refractivity contribution in [3.8, 4) is 17.1 Å². The lowest BCUT2D eigenvalue weighted by Gasteiger charge is -2.08. The van der Waals surface area contributed by atoms with Crippen LogP contribution in [-0.2, 0) is 6.42 Å². The van der Waals surface area contributed by atoms with Crippen molar-refractivity contribution in [1.29, 1.82) is 0 Å². The third kappa shape index (κ3) is 3.05. The summed E-state index contributed by atoms with van der Waals surface area (Å²) < 4.78 is 19.1. The summed E-state index contributed by atoms with van der Waals surface area (Å²) in [6.07, 6.45) is 4.41. The van der Waals surface area contributed by atoms with Crippen molar-refractivity contribution in [3.63, 3.8) is 0 Å². The van der Waals surface area contributed by atoms with Gasteiger partial charge in [-0.05, 0) is 61.7 Å². The van der Waals surface area contributed by atoms with Crippen molar-refractivity contribution in [2.75, 3.05) is 13.7 Å². The van der Waals surface area contributed by atoms with Crippen LogP contribution in [0.1, 0.15) is 18.4 Å². The maximum Gasteiger partial charge on any atom is 0.222 e. The van der Waals surface area contributed by atoms with E-state index in [-0.39, 0.29) is 5.82 Å². The molecule has 3 N–H and O–H groups in total. The molecule has 0 amide bonds. The van der Waals surface area contributed by atoms with E-state index in [1.165, 1.54) is 6.07 Å². The average Bonchev–Trinajstić information content (AvgIpc) is 2.93. The Bertz CT molecular complexity index is 813. The van der Waals surface area contributed by atoms with E-state index in [0.29, 0.717) is 12.4 Å². The topological polar surface area (TPSA) is 63.9 Å². The fourth-order valence-electron chi connectivity index (χ4n) is 2.90. The molecule has 2 heterocycles. The molecule has 0 radical (unpaired) electrons. The number of aryl methyl sites for hydroxylation is 1. The van der Waals surface area contributed by atoms with Crippen LogP contribution < -0.4 is 10.5 Å². The molecule has 0 aliphatic heterocycles. The molecule has 23 heavy (non-hydrogen) atoms. The van der Waals surface area contributed by atoms with Gasteiger partial charge >= 0.3 is 0 Å². The number of unbranched alkanes of at least 4 members (excludes halogenated alkanes) is 1. The van der Waals surface area contributed by atoms with Gasteiger partial charge in [0.25, 0.3) is 0 Å². The second-order valence-electron chi connectivity index (χ2n) is 5.47. The van der Waals surface area contributed by atoms with Gasteiger partial charge in [0, 0.05) is 17.1 Å². The number of fused-ring (bicyclic) bond motifs is 1. The van der Waals surface area contributed by atoms with E-state index in [1.54, 1.807) is 25.4 Å². The first-order valence-electron chi connectivity index (χ1n) is 7.74. The molecule has 0 unspecified atom stereocenters.